The Morgan fingerprint density at radius 1 is 1.12 bits per heavy atom. The van der Waals surface area contributed by atoms with Crippen molar-refractivity contribution < 1.29 is 22.8 Å². The Labute approximate surface area is 199 Å². The van der Waals surface area contributed by atoms with E-state index in [9.17, 15) is 22.8 Å². The van der Waals surface area contributed by atoms with Crippen LogP contribution in [0.15, 0.2) is 0 Å². The number of hydrogen-bond donors (Lipinski definition) is 2. The first-order valence-corrected chi connectivity index (χ1v) is 13.0. The van der Waals surface area contributed by atoms with E-state index in [2.05, 4.69) is 17.6 Å². The van der Waals surface area contributed by atoms with Crippen LogP contribution in [0.3, 0.4) is 0 Å². The molecule has 0 aromatic heterocycles. The van der Waals surface area contributed by atoms with Crippen LogP contribution >= 0.6 is 11.6 Å². The number of nitrogens with one attached hydrogen (secondary N) is 2. The lowest BCUT2D eigenvalue weighted by atomic mass is 9.66. The van der Waals surface area contributed by atoms with Crippen molar-refractivity contribution in [2.45, 2.75) is 88.5 Å². The summed E-state index contributed by atoms with van der Waals surface area (Å²) in [5.41, 5.74) is -0.108. The molecule has 9 atom stereocenters. The molecule has 2 amide bonds. The molecule has 4 fully saturated rings. The lowest BCUT2D eigenvalue weighted by Gasteiger charge is -2.50. The van der Waals surface area contributed by atoms with E-state index in [0.717, 1.165) is 38.6 Å². The second-order valence-electron chi connectivity index (χ2n) is 11.0. The van der Waals surface area contributed by atoms with Crippen LogP contribution in [-0.2, 0) is 9.59 Å². The quantitative estimate of drug-likeness (QED) is 0.457. The van der Waals surface area contributed by atoms with Crippen LogP contribution in [0.5, 0.6) is 0 Å². The van der Waals surface area contributed by atoms with Gasteiger partial charge in [0, 0.05) is 37.5 Å². The topological polar surface area (TPSA) is 61.4 Å². The third-order valence-corrected chi connectivity index (χ3v) is 9.27. The van der Waals surface area contributed by atoms with Crippen LogP contribution < -0.4 is 10.6 Å². The number of fused-ring (bicyclic) bond motifs is 1. The van der Waals surface area contributed by atoms with Gasteiger partial charge in [0.1, 0.15) is 0 Å². The number of likely N-dealkylation sites (tertiary alicyclic amines) is 1. The van der Waals surface area contributed by atoms with Crippen molar-refractivity contribution >= 4 is 23.4 Å². The average Bonchev–Trinajstić information content (AvgIpc) is 2.77. The van der Waals surface area contributed by atoms with Gasteiger partial charge in [0.15, 0.2) is 0 Å². The fourth-order valence-corrected chi connectivity index (χ4v) is 7.19. The molecule has 0 radical (unpaired) electrons. The molecule has 2 N–H and O–H groups in total. The van der Waals surface area contributed by atoms with Gasteiger partial charge in [-0.25, -0.2) is 0 Å². The molecule has 2 heterocycles. The Hall–Kier alpha value is -1.02. The Morgan fingerprint density at radius 3 is 2.61 bits per heavy atom. The van der Waals surface area contributed by atoms with Gasteiger partial charge in [-0.1, -0.05) is 13.3 Å². The van der Waals surface area contributed by atoms with Crippen molar-refractivity contribution in [2.24, 2.45) is 35.5 Å². The van der Waals surface area contributed by atoms with Gasteiger partial charge < -0.3 is 15.5 Å². The summed E-state index contributed by atoms with van der Waals surface area (Å²) in [6.07, 6.45) is 0.773. The summed E-state index contributed by atoms with van der Waals surface area (Å²) in [6.45, 7) is 2.99. The zero-order valence-corrected chi connectivity index (χ0v) is 20.3. The molecule has 0 bridgehead atoms. The molecule has 33 heavy (non-hydrogen) atoms. The molecule has 0 spiro atoms. The Morgan fingerprint density at radius 2 is 1.88 bits per heavy atom. The maximum Gasteiger partial charge on any atom is 0.391 e. The summed E-state index contributed by atoms with van der Waals surface area (Å²) in [5, 5.41) is 6.40. The molecule has 0 aromatic rings. The molecule has 2 aliphatic carbocycles. The normalized spacial score (nSPS) is 42.5. The van der Waals surface area contributed by atoms with Gasteiger partial charge in [-0.2, -0.15) is 13.2 Å². The first kappa shape index (κ1) is 25.1. The summed E-state index contributed by atoms with van der Waals surface area (Å²) in [6, 6.07) is 0.0947. The highest BCUT2D eigenvalue weighted by molar-refractivity contribution is 6.20. The van der Waals surface area contributed by atoms with E-state index in [1.165, 1.54) is 0 Å². The molecular weight excluding hydrogens is 455 g/mol. The van der Waals surface area contributed by atoms with Gasteiger partial charge in [0.25, 0.3) is 0 Å². The number of nitrogens with zero attached hydrogens (tertiary/aromatic N) is 1. The molecule has 5 nitrogen and oxygen atoms in total. The SMILES string of the molecule is CC1CCC(NC(=O)C2CCCC(C(F)(F)F)C2)CC1C1CC2CNC(Cl)CC2N(C)C1=O. The van der Waals surface area contributed by atoms with Crippen LogP contribution in [-0.4, -0.2) is 54.1 Å². The highest BCUT2D eigenvalue weighted by Crippen LogP contribution is 2.44. The first-order valence-electron chi connectivity index (χ1n) is 12.6. The maximum absolute atomic E-state index is 13.3. The molecule has 2 saturated heterocycles. The van der Waals surface area contributed by atoms with E-state index < -0.39 is 18.0 Å². The van der Waals surface area contributed by atoms with Crippen LogP contribution in [0.4, 0.5) is 13.2 Å². The van der Waals surface area contributed by atoms with E-state index in [1.54, 1.807) is 0 Å². The van der Waals surface area contributed by atoms with Crippen LogP contribution in [0.2, 0.25) is 0 Å². The Kier molecular flexibility index (Phi) is 7.54. The fourth-order valence-electron chi connectivity index (χ4n) is 6.92. The van der Waals surface area contributed by atoms with Gasteiger partial charge in [-0.3, -0.25) is 9.59 Å². The van der Waals surface area contributed by atoms with Crippen molar-refractivity contribution in [3.63, 3.8) is 0 Å². The van der Waals surface area contributed by atoms with Crippen LogP contribution in [0.1, 0.15) is 64.7 Å². The predicted octanol–water partition coefficient (Wildman–Crippen LogP) is 4.30. The molecular formula is C24H37ClF3N3O2. The number of rotatable bonds is 3. The molecule has 9 heteroatoms. The number of piperidine rings is 2. The summed E-state index contributed by atoms with van der Waals surface area (Å²) in [4.78, 5) is 28.1. The smallest absolute Gasteiger partial charge is 0.353 e. The molecule has 188 valence electrons. The van der Waals surface area contributed by atoms with Crippen molar-refractivity contribution in [2.75, 3.05) is 13.6 Å². The predicted molar refractivity (Wildman–Crippen MR) is 120 cm³/mol. The minimum absolute atomic E-state index is 0.0718. The third kappa shape index (κ3) is 5.47. The van der Waals surface area contributed by atoms with Gasteiger partial charge in [0.05, 0.1) is 11.4 Å². The molecule has 2 aliphatic heterocycles. The largest absolute Gasteiger partial charge is 0.391 e. The van der Waals surface area contributed by atoms with Gasteiger partial charge in [-0.15, -0.1) is 11.6 Å². The van der Waals surface area contributed by atoms with E-state index in [4.69, 9.17) is 11.6 Å². The summed E-state index contributed by atoms with van der Waals surface area (Å²) >= 11 is 6.27. The summed E-state index contributed by atoms with van der Waals surface area (Å²) < 4.78 is 39.5. The number of hydrogen-bond acceptors (Lipinski definition) is 3. The molecule has 4 rings (SSSR count). The lowest BCUT2D eigenvalue weighted by molar-refractivity contribution is -0.186. The van der Waals surface area contributed by atoms with E-state index in [0.29, 0.717) is 24.7 Å². The van der Waals surface area contributed by atoms with Crippen molar-refractivity contribution in [3.05, 3.63) is 0 Å². The summed E-state index contributed by atoms with van der Waals surface area (Å²) in [5.74, 6) is -1.17. The average molecular weight is 492 g/mol. The van der Waals surface area contributed by atoms with Gasteiger partial charge in [0.2, 0.25) is 11.8 Å². The van der Waals surface area contributed by atoms with Crippen LogP contribution in [0.25, 0.3) is 0 Å². The zero-order chi connectivity index (χ0) is 23.9. The number of halogens is 4. The van der Waals surface area contributed by atoms with Crippen molar-refractivity contribution in [1.29, 1.82) is 0 Å². The Bertz CT molecular complexity index is 736. The van der Waals surface area contributed by atoms with Gasteiger partial charge >= 0.3 is 6.18 Å². The van der Waals surface area contributed by atoms with Crippen molar-refractivity contribution in [3.8, 4) is 0 Å². The minimum Gasteiger partial charge on any atom is -0.353 e. The first-order chi connectivity index (χ1) is 15.5. The summed E-state index contributed by atoms with van der Waals surface area (Å²) in [7, 11) is 1.88. The van der Waals surface area contributed by atoms with Crippen molar-refractivity contribution in [1.82, 2.24) is 15.5 Å². The monoisotopic (exact) mass is 491 g/mol. The zero-order valence-electron chi connectivity index (χ0n) is 19.5. The second kappa shape index (κ2) is 9.92. The van der Waals surface area contributed by atoms with Crippen LogP contribution in [0, 0.1) is 35.5 Å². The standard InChI is InChI=1S/C24H37ClF3N3O2/c1-13-6-7-17(30-22(32)14-4-3-5-16(8-14)24(26,27)28)10-18(13)19-9-15-12-29-21(25)11-20(15)31(2)23(19)33/h13-21,29H,3-12H2,1-2H3,(H,30,32). The molecule has 9 unspecified atom stereocenters. The molecule has 0 aromatic carbocycles. The molecule has 2 saturated carbocycles. The highest BCUT2D eigenvalue weighted by Gasteiger charge is 2.48. The van der Waals surface area contributed by atoms with E-state index in [1.807, 2.05) is 11.9 Å². The number of alkyl halides is 4. The van der Waals surface area contributed by atoms with Gasteiger partial charge in [-0.05, 0) is 69.1 Å². The second-order valence-corrected chi connectivity index (χ2v) is 11.5. The number of carbonyl (C=O) groups is 2. The number of carbonyl (C=O) groups excluding carboxylic acids is 2. The molecule has 4 aliphatic rings. The minimum atomic E-state index is -4.23. The maximum atomic E-state index is 13.3. The Balaban J connectivity index is 1.38. The van der Waals surface area contributed by atoms with E-state index in [-0.39, 0.29) is 54.1 Å². The lowest BCUT2D eigenvalue weighted by Crippen LogP contribution is -2.59. The van der Waals surface area contributed by atoms with E-state index >= 15 is 0 Å². The fraction of sp³-hybridized carbons (Fsp3) is 0.917. The third-order valence-electron chi connectivity index (χ3n) is 8.94. The number of amides is 2. The highest BCUT2D eigenvalue weighted by atomic mass is 35.5.